The van der Waals surface area contributed by atoms with Crippen molar-refractivity contribution in [2.45, 2.75) is 75.8 Å². The molecule has 0 bridgehead atoms. The molecule has 0 radical (unpaired) electrons. The fraction of sp³-hybridized carbons (Fsp3) is 0.643. The number of thiophene rings is 1. The number of nitrogens with zero attached hydrogens (tertiary/aromatic N) is 8. The van der Waals surface area contributed by atoms with Gasteiger partial charge in [0.2, 0.25) is 23.5 Å². The van der Waals surface area contributed by atoms with Crippen LogP contribution in [0.2, 0.25) is 0 Å². The highest BCUT2D eigenvalue weighted by Crippen LogP contribution is 2.48. The van der Waals surface area contributed by atoms with Crippen molar-refractivity contribution in [3.63, 3.8) is 0 Å². The lowest BCUT2D eigenvalue weighted by Crippen LogP contribution is -2.42. The minimum absolute atomic E-state index is 0.0305. The zero-order chi connectivity index (χ0) is 30.5. The van der Waals surface area contributed by atoms with Crippen molar-refractivity contribution >= 4 is 22.3 Å². The molecule has 0 aromatic carbocycles. The van der Waals surface area contributed by atoms with Gasteiger partial charge in [-0.2, -0.15) is 25.2 Å². The van der Waals surface area contributed by atoms with Crippen LogP contribution < -0.4 is 15.4 Å². The van der Waals surface area contributed by atoms with Gasteiger partial charge >= 0.3 is 6.01 Å². The van der Waals surface area contributed by atoms with Crippen LogP contribution in [0.5, 0.6) is 6.01 Å². The number of nitrogen functional groups attached to an aromatic ring is 1. The lowest BCUT2D eigenvalue weighted by molar-refractivity contribution is -0.0123. The van der Waals surface area contributed by atoms with Crippen LogP contribution in [0.4, 0.5) is 15.3 Å². The first kappa shape index (κ1) is 29.6. The first-order valence-electron chi connectivity index (χ1n) is 14.5. The highest BCUT2D eigenvalue weighted by molar-refractivity contribution is 7.16. The number of rotatable bonds is 6. The van der Waals surface area contributed by atoms with Gasteiger partial charge in [-0.1, -0.05) is 5.16 Å². The van der Waals surface area contributed by atoms with Gasteiger partial charge in [-0.05, 0) is 53.5 Å². The second-order valence-corrected chi connectivity index (χ2v) is 13.4. The number of aliphatic hydroxyl groups is 1. The van der Waals surface area contributed by atoms with E-state index in [1.165, 1.54) is 11.3 Å². The third-order valence-corrected chi connectivity index (χ3v) is 9.65. The van der Waals surface area contributed by atoms with Gasteiger partial charge in [-0.15, -0.1) is 11.3 Å². The van der Waals surface area contributed by atoms with E-state index < -0.39 is 23.3 Å². The molecule has 230 valence electrons. The summed E-state index contributed by atoms with van der Waals surface area (Å²) in [6, 6.07) is 2.13. The first-order valence-corrected chi connectivity index (χ1v) is 15.3. The van der Waals surface area contributed by atoms with Crippen LogP contribution in [0, 0.1) is 11.3 Å². The van der Waals surface area contributed by atoms with Gasteiger partial charge in [0.05, 0.1) is 30.7 Å². The molecule has 3 aromatic heterocycles. The van der Waals surface area contributed by atoms with E-state index in [1.807, 2.05) is 25.8 Å². The standard InChI is InChI=1S/C28H36FN9O4S/c1-15(18-10-16(29)12-37(18)4)41-26-34-22(33-25(35-26)38-8-9-40-14-27(2,39)13-38)23-32-24(42-36-23)28(3)7-5-6-19-20(28)17(11-30)21(31)43-19/h15-16,18,39H,5-10,12-14,31H2,1-4H3/t15-,16+,18-,27-,28-/m0/s1. The quantitative estimate of drug-likeness (QED) is 0.416. The molecule has 0 spiro atoms. The number of halogens is 1. The number of hydrogen-bond acceptors (Lipinski definition) is 14. The van der Waals surface area contributed by atoms with Gasteiger partial charge < -0.3 is 29.7 Å². The van der Waals surface area contributed by atoms with E-state index >= 15 is 0 Å². The molecule has 5 atom stereocenters. The molecular formula is C28H36FN9O4S. The number of anilines is 2. The molecular weight excluding hydrogens is 577 g/mol. The third kappa shape index (κ3) is 5.64. The highest BCUT2D eigenvalue weighted by atomic mass is 32.1. The zero-order valence-electron chi connectivity index (χ0n) is 24.7. The number of fused-ring (bicyclic) bond motifs is 1. The summed E-state index contributed by atoms with van der Waals surface area (Å²) in [4.78, 5) is 23.3. The predicted molar refractivity (Wildman–Crippen MR) is 156 cm³/mol. The van der Waals surface area contributed by atoms with E-state index in [0.717, 1.165) is 23.3 Å². The molecule has 3 aliphatic rings. The van der Waals surface area contributed by atoms with E-state index in [9.17, 15) is 14.8 Å². The van der Waals surface area contributed by atoms with Crippen molar-refractivity contribution in [2.75, 3.05) is 50.5 Å². The molecule has 5 heterocycles. The third-order valence-electron chi connectivity index (χ3n) is 8.57. The average Bonchev–Trinajstić information content (AvgIpc) is 3.64. The number of hydrogen-bond donors (Lipinski definition) is 2. The van der Waals surface area contributed by atoms with Crippen molar-refractivity contribution in [1.29, 1.82) is 5.26 Å². The molecule has 13 nitrogen and oxygen atoms in total. The van der Waals surface area contributed by atoms with E-state index in [-0.39, 0.29) is 42.8 Å². The number of nitrogens with two attached hydrogens (primary N) is 1. The van der Waals surface area contributed by atoms with Crippen molar-refractivity contribution < 1.29 is 23.5 Å². The van der Waals surface area contributed by atoms with E-state index in [2.05, 4.69) is 26.2 Å². The van der Waals surface area contributed by atoms with Gasteiger partial charge in [-0.25, -0.2) is 4.39 Å². The molecule has 0 unspecified atom stereocenters. The van der Waals surface area contributed by atoms with E-state index in [4.69, 9.17) is 24.7 Å². The fourth-order valence-electron chi connectivity index (χ4n) is 6.42. The topological polar surface area (TPSA) is 173 Å². The summed E-state index contributed by atoms with van der Waals surface area (Å²) in [5.74, 6) is 0.852. The Kier molecular flexibility index (Phi) is 7.74. The van der Waals surface area contributed by atoms with Gasteiger partial charge in [0, 0.05) is 29.6 Å². The Morgan fingerprint density at radius 1 is 1.26 bits per heavy atom. The van der Waals surface area contributed by atoms with Crippen LogP contribution in [0.15, 0.2) is 4.52 Å². The number of aryl methyl sites for hydroxylation is 1. The molecule has 15 heteroatoms. The van der Waals surface area contributed by atoms with Gasteiger partial charge in [0.25, 0.3) is 0 Å². The van der Waals surface area contributed by atoms with Crippen molar-refractivity contribution in [3.05, 3.63) is 21.9 Å². The predicted octanol–water partition coefficient (Wildman–Crippen LogP) is 2.48. The first-order chi connectivity index (χ1) is 20.5. The molecule has 0 saturated carbocycles. The van der Waals surface area contributed by atoms with Gasteiger partial charge in [0.1, 0.15) is 28.9 Å². The summed E-state index contributed by atoms with van der Waals surface area (Å²) in [5.41, 5.74) is 5.65. The molecule has 43 heavy (non-hydrogen) atoms. The fourth-order valence-corrected chi connectivity index (χ4v) is 7.61. The Bertz CT molecular complexity index is 1540. The van der Waals surface area contributed by atoms with Crippen molar-refractivity contribution in [3.8, 4) is 23.7 Å². The summed E-state index contributed by atoms with van der Waals surface area (Å²) in [7, 11) is 1.87. The maximum Gasteiger partial charge on any atom is 0.322 e. The highest BCUT2D eigenvalue weighted by Gasteiger charge is 2.43. The molecule has 2 aliphatic heterocycles. The lowest BCUT2D eigenvalue weighted by atomic mass is 9.72. The zero-order valence-corrected chi connectivity index (χ0v) is 25.5. The largest absolute Gasteiger partial charge is 0.459 e. The van der Waals surface area contributed by atoms with E-state index in [1.54, 1.807) is 11.8 Å². The smallest absolute Gasteiger partial charge is 0.322 e. The second-order valence-electron chi connectivity index (χ2n) is 12.2. The average molecular weight is 614 g/mol. The minimum Gasteiger partial charge on any atom is -0.459 e. The van der Waals surface area contributed by atoms with Crippen LogP contribution in [0.25, 0.3) is 11.6 Å². The Morgan fingerprint density at radius 3 is 2.81 bits per heavy atom. The maximum absolute atomic E-state index is 14.1. The van der Waals surface area contributed by atoms with Crippen LogP contribution in [0.1, 0.15) is 61.9 Å². The number of aromatic nitrogens is 5. The van der Waals surface area contributed by atoms with Crippen LogP contribution in [-0.4, -0.2) is 98.9 Å². The van der Waals surface area contributed by atoms with Crippen LogP contribution in [-0.2, 0) is 16.6 Å². The Labute approximate surface area is 252 Å². The lowest BCUT2D eigenvalue weighted by Gasteiger charge is -2.30. The van der Waals surface area contributed by atoms with Crippen molar-refractivity contribution in [2.24, 2.45) is 0 Å². The molecule has 2 saturated heterocycles. The summed E-state index contributed by atoms with van der Waals surface area (Å²) in [5, 5.41) is 25.4. The molecule has 3 N–H and O–H groups in total. The summed E-state index contributed by atoms with van der Waals surface area (Å²) < 4.78 is 31.7. The minimum atomic E-state index is -1.13. The summed E-state index contributed by atoms with van der Waals surface area (Å²) in [6.45, 7) is 7.06. The Morgan fingerprint density at radius 2 is 2.07 bits per heavy atom. The number of likely N-dealkylation sites (N-methyl/N-ethyl adjacent to an activating group) is 1. The van der Waals surface area contributed by atoms with Gasteiger partial charge in [-0.3, -0.25) is 4.90 Å². The SMILES string of the molecule is C[C@H](Oc1nc(-c2noc([C@@]3(C)CCCc4sc(N)c(C#N)c43)n2)nc(N2CCOC[C@@](C)(O)C2)n1)[C@@H]1C[C@@H](F)CN1C. The molecule has 2 fully saturated rings. The van der Waals surface area contributed by atoms with E-state index in [0.29, 0.717) is 49.0 Å². The number of β-amino-alcohol motifs (C(OH)–C–C–N with tert-alkyl or cyclic N) is 1. The number of alkyl halides is 1. The maximum atomic E-state index is 14.1. The summed E-state index contributed by atoms with van der Waals surface area (Å²) in [6.07, 6.45) is 1.42. The van der Waals surface area contributed by atoms with Crippen LogP contribution in [0.3, 0.4) is 0 Å². The van der Waals surface area contributed by atoms with Gasteiger partial charge in [0.15, 0.2) is 0 Å². The Hall–Kier alpha value is -3.45. The Balaban J connectivity index is 1.38. The number of nitriles is 1. The number of likely N-dealkylation sites (tertiary alicyclic amines) is 1. The second kappa shape index (κ2) is 11.2. The molecule has 6 rings (SSSR count). The molecule has 1 aliphatic carbocycles. The monoisotopic (exact) mass is 613 g/mol. The number of ether oxygens (including phenoxy) is 2. The summed E-state index contributed by atoms with van der Waals surface area (Å²) >= 11 is 1.43. The van der Waals surface area contributed by atoms with Crippen LogP contribution >= 0.6 is 11.3 Å². The van der Waals surface area contributed by atoms with Crippen molar-refractivity contribution in [1.82, 2.24) is 30.0 Å². The normalized spacial score (nSPS) is 28.7. The molecule has 0 amide bonds. The molecule has 3 aromatic rings.